The van der Waals surface area contributed by atoms with Crippen molar-refractivity contribution >= 4 is 23.4 Å². The molecule has 0 amide bonds. The van der Waals surface area contributed by atoms with Crippen molar-refractivity contribution in [1.29, 1.82) is 0 Å². The average molecular weight is 232 g/mol. The molecule has 1 N–H and O–H groups in total. The predicted molar refractivity (Wildman–Crippen MR) is 57.8 cm³/mol. The molecule has 1 fully saturated rings. The van der Waals surface area contributed by atoms with Crippen LogP contribution < -0.4 is 0 Å². The fraction of sp³-hybridized carbons (Fsp3) is 0.875. The molecule has 1 rings (SSSR count). The Hall–Kier alpha value is -0.555. The molecule has 0 aromatic heterocycles. The van der Waals surface area contributed by atoms with E-state index in [2.05, 4.69) is 0 Å². The van der Waals surface area contributed by atoms with Crippen LogP contribution in [0.25, 0.3) is 0 Å². The summed E-state index contributed by atoms with van der Waals surface area (Å²) in [5.41, 5.74) is 0. The summed E-state index contributed by atoms with van der Waals surface area (Å²) in [4.78, 5) is 1.62. The standard InChI is InChI=1S/C8H15BNO4S/c1-15(12,13)14-7-3-2-5-10(6-4-7)8(9)11/h7,11H,2-6H2,1H3. The van der Waals surface area contributed by atoms with E-state index in [1.165, 1.54) is 0 Å². The van der Waals surface area contributed by atoms with Crippen LogP contribution in [-0.4, -0.2) is 57.1 Å². The van der Waals surface area contributed by atoms with Crippen LogP contribution in [0.4, 0.5) is 0 Å². The van der Waals surface area contributed by atoms with Crippen molar-refractivity contribution in [2.75, 3.05) is 19.3 Å². The van der Waals surface area contributed by atoms with Gasteiger partial charge in [-0.25, -0.2) is 0 Å². The monoisotopic (exact) mass is 232 g/mol. The Kier molecular flexibility index (Phi) is 4.16. The van der Waals surface area contributed by atoms with Crippen molar-refractivity contribution in [2.45, 2.75) is 25.4 Å². The van der Waals surface area contributed by atoms with Crippen LogP contribution in [0.3, 0.4) is 0 Å². The minimum absolute atomic E-state index is 0.213. The molecule has 5 nitrogen and oxygen atoms in total. The molecule has 0 aliphatic carbocycles. The van der Waals surface area contributed by atoms with E-state index in [9.17, 15) is 8.42 Å². The van der Waals surface area contributed by atoms with E-state index in [4.69, 9.17) is 16.8 Å². The molecule has 1 aliphatic rings. The van der Waals surface area contributed by atoms with E-state index in [1.807, 2.05) is 0 Å². The second kappa shape index (κ2) is 4.98. The Morgan fingerprint density at radius 1 is 1.47 bits per heavy atom. The van der Waals surface area contributed by atoms with Crippen LogP contribution in [0.1, 0.15) is 19.3 Å². The molecule has 1 saturated heterocycles. The number of hydrogen-bond donors (Lipinski definition) is 1. The van der Waals surface area contributed by atoms with Gasteiger partial charge in [0.15, 0.2) is 0 Å². The number of nitrogens with zero attached hydrogens (tertiary/aromatic N) is 1. The van der Waals surface area contributed by atoms with E-state index in [-0.39, 0.29) is 11.9 Å². The van der Waals surface area contributed by atoms with Gasteiger partial charge in [-0.15, -0.1) is 0 Å². The van der Waals surface area contributed by atoms with Crippen LogP contribution >= 0.6 is 0 Å². The van der Waals surface area contributed by atoms with Crippen LogP contribution in [0.2, 0.25) is 0 Å². The number of rotatable bonds is 3. The molecule has 1 atom stereocenters. The summed E-state index contributed by atoms with van der Waals surface area (Å²) in [6.07, 6.45) is 2.71. The zero-order chi connectivity index (χ0) is 11.5. The van der Waals surface area contributed by atoms with Crippen LogP contribution in [0.15, 0.2) is 0 Å². The number of aliphatic hydroxyl groups excluding tert-OH is 1. The number of aliphatic hydroxyl groups is 1. The summed E-state index contributed by atoms with van der Waals surface area (Å²) in [6, 6.07) is 0. The fourth-order valence-corrected chi connectivity index (χ4v) is 2.33. The number of hydrogen-bond acceptors (Lipinski definition) is 5. The Bertz CT molecular complexity index is 330. The first-order chi connectivity index (χ1) is 6.88. The summed E-state index contributed by atoms with van der Waals surface area (Å²) in [5, 5.41) is 9.08. The Morgan fingerprint density at radius 3 is 2.67 bits per heavy atom. The summed E-state index contributed by atoms with van der Waals surface area (Å²) < 4.78 is 26.7. The van der Waals surface area contributed by atoms with Gasteiger partial charge in [-0.3, -0.25) is 0 Å². The van der Waals surface area contributed by atoms with Crippen molar-refractivity contribution in [3.63, 3.8) is 0 Å². The topological polar surface area (TPSA) is 66.8 Å². The molecule has 0 spiro atoms. The second-order valence-corrected chi connectivity index (χ2v) is 5.30. The fourth-order valence-electron chi connectivity index (χ4n) is 1.64. The first-order valence-electron chi connectivity index (χ1n) is 4.83. The van der Waals surface area contributed by atoms with Gasteiger partial charge in [0.1, 0.15) is 0 Å². The van der Waals surface area contributed by atoms with E-state index < -0.39 is 10.1 Å². The molecular formula is C8H15BNO4S. The third-order valence-electron chi connectivity index (χ3n) is 2.31. The van der Waals surface area contributed by atoms with Crippen molar-refractivity contribution < 1.29 is 17.7 Å². The zero-order valence-corrected chi connectivity index (χ0v) is 9.53. The van der Waals surface area contributed by atoms with Crippen molar-refractivity contribution in [3.8, 4) is 0 Å². The predicted octanol–water partition coefficient (Wildman–Crippen LogP) is -0.554. The van der Waals surface area contributed by atoms with Gasteiger partial charge >= 0.3 is 90.7 Å². The van der Waals surface area contributed by atoms with Crippen molar-refractivity contribution in [1.82, 2.24) is 4.90 Å². The van der Waals surface area contributed by atoms with Gasteiger partial charge in [-0.1, -0.05) is 0 Å². The summed E-state index contributed by atoms with van der Waals surface area (Å²) >= 11 is 0. The Morgan fingerprint density at radius 2 is 2.13 bits per heavy atom. The van der Waals surface area contributed by atoms with Crippen molar-refractivity contribution in [3.05, 3.63) is 0 Å². The van der Waals surface area contributed by atoms with E-state index >= 15 is 0 Å². The molecule has 0 saturated carbocycles. The summed E-state index contributed by atoms with van der Waals surface area (Å²) in [6.45, 7) is 1.15. The average Bonchev–Trinajstić information content (AvgIpc) is 2.26. The first kappa shape index (κ1) is 12.5. The molecule has 15 heavy (non-hydrogen) atoms. The molecule has 1 heterocycles. The van der Waals surface area contributed by atoms with Gasteiger partial charge in [0.05, 0.1) is 0 Å². The molecule has 0 aromatic rings. The van der Waals surface area contributed by atoms with Gasteiger partial charge in [-0.05, 0) is 0 Å². The van der Waals surface area contributed by atoms with Crippen LogP contribution in [-0.2, 0) is 14.3 Å². The van der Waals surface area contributed by atoms with E-state index in [1.54, 1.807) is 4.90 Å². The third-order valence-corrected chi connectivity index (χ3v) is 2.93. The van der Waals surface area contributed by atoms with Gasteiger partial charge in [0.2, 0.25) is 0 Å². The SMILES string of the molecule is [B]=C(O)N1CCCC(OS(C)(=O)=O)CC1. The van der Waals surface area contributed by atoms with E-state index in [0.29, 0.717) is 25.9 Å². The molecule has 1 aliphatic heterocycles. The molecule has 85 valence electrons. The molecule has 0 aromatic carbocycles. The molecule has 1 unspecified atom stereocenters. The number of likely N-dealkylation sites (tertiary alicyclic amines) is 1. The minimum atomic E-state index is -3.40. The Labute approximate surface area is 91.2 Å². The quantitative estimate of drug-likeness (QED) is 0.522. The molecule has 7 heteroatoms. The van der Waals surface area contributed by atoms with Gasteiger partial charge in [-0.2, -0.15) is 0 Å². The third kappa shape index (κ3) is 4.66. The molecule has 1 radical (unpaired) electrons. The summed E-state index contributed by atoms with van der Waals surface area (Å²) in [5.74, 6) is -0.213. The van der Waals surface area contributed by atoms with Crippen molar-refractivity contribution in [2.24, 2.45) is 0 Å². The van der Waals surface area contributed by atoms with Gasteiger partial charge < -0.3 is 0 Å². The maximum atomic E-state index is 10.9. The maximum absolute atomic E-state index is 10.9. The summed E-state index contributed by atoms with van der Waals surface area (Å²) in [7, 11) is 1.85. The van der Waals surface area contributed by atoms with Gasteiger partial charge in [0, 0.05) is 0 Å². The zero-order valence-electron chi connectivity index (χ0n) is 8.72. The molecule has 0 bridgehead atoms. The second-order valence-electron chi connectivity index (χ2n) is 3.70. The van der Waals surface area contributed by atoms with E-state index in [0.717, 1.165) is 12.7 Å². The Balaban J connectivity index is 2.49. The normalized spacial score (nSPS) is 23.5. The van der Waals surface area contributed by atoms with Crippen LogP contribution in [0, 0.1) is 0 Å². The molecular weight excluding hydrogens is 217 g/mol. The van der Waals surface area contributed by atoms with Crippen LogP contribution in [0.5, 0.6) is 0 Å². The van der Waals surface area contributed by atoms with Gasteiger partial charge in [0.25, 0.3) is 0 Å². The first-order valence-corrected chi connectivity index (χ1v) is 6.65.